The fourth-order valence-corrected chi connectivity index (χ4v) is 3.80. The maximum absolute atomic E-state index is 2.67. The third-order valence-electron chi connectivity index (χ3n) is 5.01. The third kappa shape index (κ3) is 2.35. The van der Waals surface area contributed by atoms with Crippen LogP contribution in [0.1, 0.15) is 46.6 Å². The molecule has 0 N–H and O–H groups in total. The van der Waals surface area contributed by atoms with Gasteiger partial charge in [-0.3, -0.25) is 4.90 Å². The molecule has 0 aromatic heterocycles. The van der Waals surface area contributed by atoms with Crippen molar-refractivity contribution in [3.05, 3.63) is 29.8 Å². The SMILES string of the molecule is CC(C)N1C[C@@H]2C[C@H]1CN2c1ccc(C(C)(C)C)cc1. The van der Waals surface area contributed by atoms with Gasteiger partial charge in [0.2, 0.25) is 0 Å². The molecule has 2 heterocycles. The van der Waals surface area contributed by atoms with E-state index < -0.39 is 0 Å². The lowest BCUT2D eigenvalue weighted by Crippen LogP contribution is -2.48. The van der Waals surface area contributed by atoms with Crippen molar-refractivity contribution in [3.63, 3.8) is 0 Å². The second-order valence-corrected chi connectivity index (χ2v) is 7.78. The van der Waals surface area contributed by atoms with Gasteiger partial charge in [-0.1, -0.05) is 32.9 Å². The molecule has 2 aliphatic heterocycles. The number of hydrogen-bond donors (Lipinski definition) is 0. The van der Waals surface area contributed by atoms with Crippen molar-refractivity contribution < 1.29 is 0 Å². The molecule has 2 nitrogen and oxygen atoms in total. The van der Waals surface area contributed by atoms with Crippen LogP contribution in [0, 0.1) is 0 Å². The van der Waals surface area contributed by atoms with Gasteiger partial charge in [-0.25, -0.2) is 0 Å². The van der Waals surface area contributed by atoms with E-state index in [1.54, 1.807) is 0 Å². The van der Waals surface area contributed by atoms with E-state index in [0.29, 0.717) is 6.04 Å². The monoisotopic (exact) mass is 272 g/mol. The first-order valence-electron chi connectivity index (χ1n) is 7.99. The molecule has 2 bridgehead atoms. The molecule has 2 aliphatic rings. The topological polar surface area (TPSA) is 6.48 Å². The summed E-state index contributed by atoms with van der Waals surface area (Å²) >= 11 is 0. The minimum Gasteiger partial charge on any atom is -0.366 e. The zero-order chi connectivity index (χ0) is 14.5. The van der Waals surface area contributed by atoms with Gasteiger partial charge in [-0.2, -0.15) is 0 Å². The van der Waals surface area contributed by atoms with Gasteiger partial charge < -0.3 is 4.90 Å². The average Bonchev–Trinajstić information content (AvgIpc) is 2.97. The largest absolute Gasteiger partial charge is 0.366 e. The Kier molecular flexibility index (Phi) is 3.32. The highest BCUT2D eigenvalue weighted by Gasteiger charge is 2.43. The second-order valence-electron chi connectivity index (χ2n) is 7.78. The minimum absolute atomic E-state index is 0.247. The predicted octanol–water partition coefficient (Wildman–Crippen LogP) is 3.66. The highest BCUT2D eigenvalue weighted by molar-refractivity contribution is 5.51. The van der Waals surface area contributed by atoms with E-state index in [1.165, 1.54) is 30.8 Å². The van der Waals surface area contributed by atoms with Gasteiger partial charge in [0.1, 0.15) is 0 Å². The molecule has 1 aromatic rings. The fraction of sp³-hybridized carbons (Fsp3) is 0.667. The Labute approximate surface area is 123 Å². The molecule has 2 atom stereocenters. The Hall–Kier alpha value is -1.02. The number of rotatable bonds is 2. The minimum atomic E-state index is 0.247. The van der Waals surface area contributed by atoms with Crippen molar-refractivity contribution in [1.82, 2.24) is 4.90 Å². The van der Waals surface area contributed by atoms with Crippen molar-refractivity contribution in [3.8, 4) is 0 Å². The number of fused-ring (bicyclic) bond motifs is 2. The summed E-state index contributed by atoms with van der Waals surface area (Å²) in [6, 6.07) is 11.4. The molecule has 1 aromatic carbocycles. The van der Waals surface area contributed by atoms with Crippen LogP contribution in [0.2, 0.25) is 0 Å². The Balaban J connectivity index is 1.74. The standard InChI is InChI=1S/C18H28N2/c1-13(2)19-11-17-10-16(19)12-20(17)15-8-6-14(7-9-15)18(3,4)5/h6-9,13,16-17H,10-12H2,1-5H3/t16-,17-/m0/s1. The summed E-state index contributed by atoms with van der Waals surface area (Å²) in [5.74, 6) is 0. The average molecular weight is 272 g/mol. The van der Waals surface area contributed by atoms with E-state index in [0.717, 1.165) is 12.1 Å². The van der Waals surface area contributed by atoms with E-state index in [4.69, 9.17) is 0 Å². The van der Waals surface area contributed by atoms with Crippen LogP contribution in [0.4, 0.5) is 5.69 Å². The van der Waals surface area contributed by atoms with Crippen LogP contribution < -0.4 is 4.90 Å². The quantitative estimate of drug-likeness (QED) is 0.811. The van der Waals surface area contributed by atoms with Crippen molar-refractivity contribution in [2.24, 2.45) is 0 Å². The highest BCUT2D eigenvalue weighted by atomic mass is 15.4. The highest BCUT2D eigenvalue weighted by Crippen LogP contribution is 2.36. The fourth-order valence-electron chi connectivity index (χ4n) is 3.80. The lowest BCUT2D eigenvalue weighted by atomic mass is 9.87. The first-order chi connectivity index (χ1) is 9.36. The second kappa shape index (κ2) is 4.77. The van der Waals surface area contributed by atoms with Gasteiger partial charge in [0.05, 0.1) is 0 Å². The summed E-state index contributed by atoms with van der Waals surface area (Å²) in [4.78, 5) is 5.29. The van der Waals surface area contributed by atoms with Crippen molar-refractivity contribution in [2.45, 2.75) is 64.6 Å². The van der Waals surface area contributed by atoms with E-state index in [2.05, 4.69) is 68.7 Å². The summed E-state index contributed by atoms with van der Waals surface area (Å²) in [6.07, 6.45) is 1.35. The first-order valence-corrected chi connectivity index (χ1v) is 7.99. The molecule has 0 saturated carbocycles. The Bertz CT molecular complexity index is 469. The molecule has 0 aliphatic carbocycles. The molecule has 2 saturated heterocycles. The lowest BCUT2D eigenvalue weighted by molar-refractivity contribution is 0.191. The van der Waals surface area contributed by atoms with Crippen LogP contribution >= 0.6 is 0 Å². The molecule has 2 fully saturated rings. The van der Waals surface area contributed by atoms with Crippen molar-refractivity contribution in [2.75, 3.05) is 18.0 Å². The van der Waals surface area contributed by atoms with Gasteiger partial charge >= 0.3 is 0 Å². The summed E-state index contributed by atoms with van der Waals surface area (Å²) in [5.41, 5.74) is 3.08. The van der Waals surface area contributed by atoms with Crippen LogP contribution in [0.15, 0.2) is 24.3 Å². The van der Waals surface area contributed by atoms with Gasteiger partial charge in [0, 0.05) is 36.9 Å². The van der Waals surface area contributed by atoms with E-state index >= 15 is 0 Å². The van der Waals surface area contributed by atoms with Gasteiger partial charge in [0.25, 0.3) is 0 Å². The van der Waals surface area contributed by atoms with Crippen LogP contribution in [0.5, 0.6) is 0 Å². The Morgan fingerprint density at radius 3 is 2.10 bits per heavy atom. The molecular weight excluding hydrogens is 244 g/mol. The third-order valence-corrected chi connectivity index (χ3v) is 5.01. The van der Waals surface area contributed by atoms with Gasteiger partial charge in [0.15, 0.2) is 0 Å². The van der Waals surface area contributed by atoms with E-state index in [-0.39, 0.29) is 5.41 Å². The van der Waals surface area contributed by atoms with E-state index in [9.17, 15) is 0 Å². The summed E-state index contributed by atoms with van der Waals surface area (Å²) in [5, 5.41) is 0. The molecule has 3 rings (SSSR count). The zero-order valence-electron chi connectivity index (χ0n) is 13.6. The summed E-state index contributed by atoms with van der Waals surface area (Å²) in [6.45, 7) is 13.9. The summed E-state index contributed by atoms with van der Waals surface area (Å²) < 4.78 is 0. The van der Waals surface area contributed by atoms with E-state index in [1.807, 2.05) is 0 Å². The molecule has 0 spiro atoms. The number of hydrogen-bond acceptors (Lipinski definition) is 2. The zero-order valence-corrected chi connectivity index (χ0v) is 13.6. The first kappa shape index (κ1) is 13.9. The molecule has 0 unspecified atom stereocenters. The Morgan fingerprint density at radius 1 is 1.00 bits per heavy atom. The number of piperazine rings is 1. The number of benzene rings is 1. The summed E-state index contributed by atoms with van der Waals surface area (Å²) in [7, 11) is 0. The van der Waals surface area contributed by atoms with Crippen molar-refractivity contribution in [1.29, 1.82) is 0 Å². The maximum atomic E-state index is 2.67. The molecule has 110 valence electrons. The molecule has 2 heteroatoms. The van der Waals surface area contributed by atoms with Gasteiger partial charge in [-0.05, 0) is 43.4 Å². The molecule has 20 heavy (non-hydrogen) atoms. The molecular formula is C18H28N2. The van der Waals surface area contributed by atoms with Crippen LogP contribution in [0.3, 0.4) is 0 Å². The van der Waals surface area contributed by atoms with Gasteiger partial charge in [-0.15, -0.1) is 0 Å². The molecule has 0 amide bonds. The number of anilines is 1. The number of likely N-dealkylation sites (tertiary alicyclic amines) is 1. The lowest BCUT2D eigenvalue weighted by Gasteiger charge is -2.37. The number of nitrogens with zero attached hydrogens (tertiary/aromatic N) is 2. The Morgan fingerprint density at radius 2 is 1.65 bits per heavy atom. The smallest absolute Gasteiger partial charge is 0.0433 e. The molecule has 0 radical (unpaired) electrons. The van der Waals surface area contributed by atoms with Crippen LogP contribution in [-0.4, -0.2) is 36.1 Å². The van der Waals surface area contributed by atoms with Crippen molar-refractivity contribution >= 4 is 5.69 Å². The predicted molar refractivity (Wildman–Crippen MR) is 86.5 cm³/mol. The normalized spacial score (nSPS) is 26.8. The maximum Gasteiger partial charge on any atom is 0.0433 e. The van der Waals surface area contributed by atoms with Crippen LogP contribution in [0.25, 0.3) is 0 Å². The van der Waals surface area contributed by atoms with Crippen LogP contribution in [-0.2, 0) is 5.41 Å².